The van der Waals surface area contributed by atoms with Crippen LogP contribution in [0.15, 0.2) is 24.3 Å². The lowest BCUT2D eigenvalue weighted by Crippen LogP contribution is -2.18. The first-order valence-electron chi connectivity index (χ1n) is 6.05. The topological polar surface area (TPSA) is 35.2 Å². The molecule has 0 heterocycles. The van der Waals surface area contributed by atoms with Gasteiger partial charge in [-0.3, -0.25) is 0 Å². The number of hydrogen-bond donors (Lipinski definition) is 1. The van der Waals surface area contributed by atoms with Crippen molar-refractivity contribution in [3.05, 3.63) is 35.4 Å². The van der Waals surface area contributed by atoms with E-state index >= 15 is 0 Å². The smallest absolute Gasteiger partial charge is 0.0546 e. The van der Waals surface area contributed by atoms with Crippen LogP contribution in [-0.4, -0.2) is 13.2 Å². The number of rotatable bonds is 5. The summed E-state index contributed by atoms with van der Waals surface area (Å²) in [4.78, 5) is 0. The minimum atomic E-state index is -0.00164. The Hall–Kier alpha value is -0.860. The zero-order valence-corrected chi connectivity index (χ0v) is 10.2. The monoisotopic (exact) mass is 219 g/mol. The normalized spacial score (nSPS) is 19.4. The summed E-state index contributed by atoms with van der Waals surface area (Å²) < 4.78 is 5.24. The first kappa shape index (κ1) is 11.6. The fourth-order valence-corrected chi connectivity index (χ4v) is 1.91. The maximum Gasteiger partial charge on any atom is 0.0546 e. The number of nitrogens with two attached hydrogens (primary N) is 1. The lowest BCUT2D eigenvalue weighted by Gasteiger charge is -2.11. The molecule has 0 aliphatic heterocycles. The summed E-state index contributed by atoms with van der Waals surface area (Å²) in [5, 5.41) is 0. The quantitative estimate of drug-likeness (QED) is 0.826. The van der Waals surface area contributed by atoms with Crippen molar-refractivity contribution < 1.29 is 4.74 Å². The first-order valence-corrected chi connectivity index (χ1v) is 6.05. The molecule has 0 saturated heterocycles. The van der Waals surface area contributed by atoms with E-state index in [0.29, 0.717) is 6.10 Å². The molecular weight excluding hydrogens is 198 g/mol. The van der Waals surface area contributed by atoms with Gasteiger partial charge in [-0.25, -0.2) is 0 Å². The zero-order chi connectivity index (χ0) is 11.6. The summed E-state index contributed by atoms with van der Waals surface area (Å²) in [7, 11) is 1.76. The number of hydrogen-bond acceptors (Lipinski definition) is 2. The third-order valence-corrected chi connectivity index (χ3v) is 3.56. The van der Waals surface area contributed by atoms with Crippen LogP contribution >= 0.6 is 0 Å². The van der Waals surface area contributed by atoms with Crippen molar-refractivity contribution in [1.29, 1.82) is 0 Å². The Bertz CT molecular complexity index is 340. The van der Waals surface area contributed by atoms with Crippen molar-refractivity contribution in [1.82, 2.24) is 0 Å². The molecule has 2 nitrogen and oxygen atoms in total. The molecule has 1 aromatic rings. The van der Waals surface area contributed by atoms with Crippen molar-refractivity contribution in [2.24, 2.45) is 5.73 Å². The van der Waals surface area contributed by atoms with E-state index in [0.717, 1.165) is 25.7 Å². The van der Waals surface area contributed by atoms with E-state index in [9.17, 15) is 0 Å². The molecule has 2 N–H and O–H groups in total. The van der Waals surface area contributed by atoms with Crippen LogP contribution in [0.4, 0.5) is 0 Å². The predicted molar refractivity (Wildman–Crippen MR) is 66.3 cm³/mol. The maximum absolute atomic E-state index is 6.14. The van der Waals surface area contributed by atoms with E-state index in [4.69, 9.17) is 10.5 Å². The van der Waals surface area contributed by atoms with Crippen LogP contribution < -0.4 is 5.73 Å². The van der Waals surface area contributed by atoms with Gasteiger partial charge in [-0.15, -0.1) is 0 Å². The average Bonchev–Trinajstić information content (AvgIpc) is 3.06. The van der Waals surface area contributed by atoms with E-state index < -0.39 is 0 Å². The van der Waals surface area contributed by atoms with Crippen molar-refractivity contribution in [2.45, 2.75) is 44.2 Å². The predicted octanol–water partition coefficient (Wildman–Crippen LogP) is 2.60. The van der Waals surface area contributed by atoms with E-state index in [2.05, 4.69) is 31.2 Å². The molecule has 88 valence electrons. The molecule has 1 atom stereocenters. The van der Waals surface area contributed by atoms with Gasteiger partial charge in [0.15, 0.2) is 0 Å². The Morgan fingerprint density at radius 3 is 2.44 bits per heavy atom. The second kappa shape index (κ2) is 4.56. The van der Waals surface area contributed by atoms with Gasteiger partial charge in [0.25, 0.3) is 0 Å². The molecule has 0 radical (unpaired) electrons. The van der Waals surface area contributed by atoms with Crippen LogP contribution in [0, 0.1) is 0 Å². The lowest BCUT2D eigenvalue weighted by molar-refractivity contribution is 0.111. The Labute approximate surface area is 97.8 Å². The maximum atomic E-state index is 6.14. The summed E-state index contributed by atoms with van der Waals surface area (Å²) in [5.41, 5.74) is 8.80. The lowest BCUT2D eigenvalue weighted by atomic mass is 10.0. The highest BCUT2D eigenvalue weighted by Gasteiger charge is 2.39. The van der Waals surface area contributed by atoms with Gasteiger partial charge >= 0.3 is 0 Å². The van der Waals surface area contributed by atoms with Crippen molar-refractivity contribution in [3.63, 3.8) is 0 Å². The third-order valence-electron chi connectivity index (χ3n) is 3.56. The van der Waals surface area contributed by atoms with E-state index in [-0.39, 0.29) is 5.54 Å². The number of aryl methyl sites for hydroxylation is 1. The molecule has 16 heavy (non-hydrogen) atoms. The first-order chi connectivity index (χ1) is 7.64. The third kappa shape index (κ3) is 2.63. The number of benzene rings is 1. The Kier molecular flexibility index (Phi) is 3.31. The van der Waals surface area contributed by atoms with Gasteiger partial charge in [-0.2, -0.15) is 0 Å². The highest BCUT2D eigenvalue weighted by atomic mass is 16.5. The average molecular weight is 219 g/mol. The molecule has 1 aromatic carbocycles. The Morgan fingerprint density at radius 2 is 1.94 bits per heavy atom. The second-order valence-corrected chi connectivity index (χ2v) is 4.94. The van der Waals surface area contributed by atoms with Crippen LogP contribution in [-0.2, 0) is 16.7 Å². The van der Waals surface area contributed by atoms with Crippen LogP contribution in [0.2, 0.25) is 0 Å². The molecule has 0 amide bonds. The van der Waals surface area contributed by atoms with Gasteiger partial charge < -0.3 is 10.5 Å². The van der Waals surface area contributed by atoms with Crippen molar-refractivity contribution in [3.8, 4) is 0 Å². The molecule has 1 fully saturated rings. The molecular formula is C14H21NO. The van der Waals surface area contributed by atoms with Crippen LogP contribution in [0.5, 0.6) is 0 Å². The van der Waals surface area contributed by atoms with Crippen LogP contribution in [0.25, 0.3) is 0 Å². The van der Waals surface area contributed by atoms with Gasteiger partial charge in [0.1, 0.15) is 0 Å². The summed E-state index contributed by atoms with van der Waals surface area (Å²) in [6.45, 7) is 2.10. The number of ether oxygens (including phenoxy) is 1. The fraction of sp³-hybridized carbons (Fsp3) is 0.571. The van der Waals surface area contributed by atoms with Crippen LogP contribution in [0.1, 0.15) is 37.3 Å². The highest BCUT2D eigenvalue weighted by Crippen LogP contribution is 2.42. The van der Waals surface area contributed by atoms with Gasteiger partial charge in [0.05, 0.1) is 6.10 Å². The molecule has 1 aliphatic carbocycles. The highest BCUT2D eigenvalue weighted by molar-refractivity contribution is 5.32. The van der Waals surface area contributed by atoms with Gasteiger partial charge in [0.2, 0.25) is 0 Å². The minimum Gasteiger partial charge on any atom is -0.382 e. The summed E-state index contributed by atoms with van der Waals surface area (Å²) in [5.74, 6) is 0. The van der Waals surface area contributed by atoms with Gasteiger partial charge in [-0.05, 0) is 43.7 Å². The van der Waals surface area contributed by atoms with E-state index in [1.54, 1.807) is 7.11 Å². The molecule has 1 unspecified atom stereocenters. The Morgan fingerprint density at radius 1 is 1.31 bits per heavy atom. The van der Waals surface area contributed by atoms with Crippen LogP contribution in [0.3, 0.4) is 0 Å². The fourth-order valence-electron chi connectivity index (χ4n) is 1.91. The molecule has 0 bridgehead atoms. The number of methoxy groups -OCH3 is 1. The van der Waals surface area contributed by atoms with Crippen molar-refractivity contribution in [2.75, 3.05) is 7.11 Å². The Balaban J connectivity index is 1.92. The molecule has 1 aliphatic rings. The molecule has 2 rings (SSSR count). The molecule has 0 spiro atoms. The summed E-state index contributed by atoms with van der Waals surface area (Å²) in [6.07, 6.45) is 4.75. The van der Waals surface area contributed by atoms with Crippen molar-refractivity contribution >= 4 is 0 Å². The molecule has 2 heteroatoms. The van der Waals surface area contributed by atoms with Gasteiger partial charge in [-0.1, -0.05) is 24.3 Å². The largest absolute Gasteiger partial charge is 0.382 e. The molecule has 0 aromatic heterocycles. The van der Waals surface area contributed by atoms with Gasteiger partial charge in [0, 0.05) is 12.6 Å². The van der Waals surface area contributed by atoms with E-state index in [1.807, 2.05) is 0 Å². The summed E-state index contributed by atoms with van der Waals surface area (Å²) >= 11 is 0. The standard InChI is InChI=1S/C14H21NO/c1-11(16-2)3-4-12-5-7-13(8-6-12)14(15)9-10-14/h5-8,11H,3-4,9-10,15H2,1-2H3. The zero-order valence-electron chi connectivity index (χ0n) is 10.2. The SMILES string of the molecule is COC(C)CCc1ccc(C2(N)CC2)cc1. The van der Waals surface area contributed by atoms with E-state index in [1.165, 1.54) is 11.1 Å². The second-order valence-electron chi connectivity index (χ2n) is 4.94. The minimum absolute atomic E-state index is 0.00164. The summed E-state index contributed by atoms with van der Waals surface area (Å²) in [6, 6.07) is 8.76. The molecule has 1 saturated carbocycles.